The first kappa shape index (κ1) is 15.0. The first-order valence-electron chi connectivity index (χ1n) is 4.77. The Morgan fingerprint density at radius 2 is 2.07 bits per heavy atom. The Balaban J connectivity index is 3.65. The van der Waals surface area contributed by atoms with E-state index in [2.05, 4.69) is 5.32 Å². The molecule has 6 heteroatoms. The highest BCUT2D eigenvalue weighted by Crippen LogP contribution is 2.22. The highest BCUT2D eigenvalue weighted by atomic mass is 35.5. The third-order valence-corrected chi connectivity index (χ3v) is 2.96. The van der Waals surface area contributed by atoms with Gasteiger partial charge in [-0.05, 0) is 43.8 Å². The van der Waals surface area contributed by atoms with Gasteiger partial charge in [0.15, 0.2) is 0 Å². The normalized spacial score (nSPS) is 11.9. The van der Waals surface area contributed by atoms with E-state index < -0.39 is 0 Å². The number of carbonyl (C=O) groups is 1. The maximum absolute atomic E-state index is 11.2. The lowest BCUT2D eigenvalue weighted by atomic mass is 10.0. The quantitative estimate of drug-likeness (QED) is 0.708. The second kappa shape index (κ2) is 7.28. The van der Waals surface area contributed by atoms with E-state index in [0.29, 0.717) is 26.0 Å². The molecule has 0 fully saturated rings. The van der Waals surface area contributed by atoms with Gasteiger partial charge >= 0.3 is 0 Å². The summed E-state index contributed by atoms with van der Waals surface area (Å²) >= 11 is 11.3. The van der Waals surface area contributed by atoms with Gasteiger partial charge in [-0.2, -0.15) is 0 Å². The summed E-state index contributed by atoms with van der Waals surface area (Å²) in [6, 6.07) is 0. The summed E-state index contributed by atoms with van der Waals surface area (Å²) in [6.45, 7) is 4.78. The Morgan fingerprint density at radius 3 is 2.53 bits per heavy atom. The Labute approximate surface area is 101 Å². The van der Waals surface area contributed by atoms with Crippen molar-refractivity contribution in [2.45, 2.75) is 32.2 Å². The van der Waals surface area contributed by atoms with Gasteiger partial charge < -0.3 is 10.1 Å². The van der Waals surface area contributed by atoms with Crippen molar-refractivity contribution in [1.82, 2.24) is 9.25 Å². The molecule has 15 heavy (non-hydrogen) atoms. The zero-order valence-electron chi connectivity index (χ0n) is 9.35. The zero-order chi connectivity index (χ0) is 11.9. The van der Waals surface area contributed by atoms with Crippen molar-refractivity contribution in [1.29, 1.82) is 0 Å². The van der Waals surface area contributed by atoms with E-state index >= 15 is 0 Å². The van der Waals surface area contributed by atoms with Crippen molar-refractivity contribution in [2.24, 2.45) is 0 Å². The van der Waals surface area contributed by atoms with Crippen molar-refractivity contribution < 1.29 is 9.53 Å². The molecule has 0 rings (SSSR count). The van der Waals surface area contributed by atoms with Crippen molar-refractivity contribution in [3.8, 4) is 0 Å². The minimum absolute atomic E-state index is 0.0247. The summed E-state index contributed by atoms with van der Waals surface area (Å²) < 4.78 is 5.89. The molecule has 0 bridgehead atoms. The highest BCUT2D eigenvalue weighted by Gasteiger charge is 2.23. The van der Waals surface area contributed by atoms with Crippen LogP contribution in [0.5, 0.6) is 0 Å². The summed E-state index contributed by atoms with van der Waals surface area (Å²) in [5.74, 6) is -0.0247. The standard InChI is InChI=1S/C9H18Cl2N2O2/c1-9(2,13(10)11)5-6-12-8(14)4-7-15-3/h4-7H2,1-3H3,(H,12,14). The molecular formula is C9H18Cl2N2O2. The fourth-order valence-electron chi connectivity index (χ4n) is 0.875. The van der Waals surface area contributed by atoms with E-state index in [-0.39, 0.29) is 11.4 Å². The van der Waals surface area contributed by atoms with Crippen LogP contribution in [0.2, 0.25) is 0 Å². The molecule has 1 N–H and O–H groups in total. The number of nitrogens with zero attached hydrogens (tertiary/aromatic N) is 1. The largest absolute Gasteiger partial charge is 0.384 e. The van der Waals surface area contributed by atoms with Crippen LogP contribution in [-0.4, -0.2) is 35.6 Å². The molecule has 0 unspecified atom stereocenters. The molecule has 0 heterocycles. The molecule has 0 spiro atoms. The predicted molar refractivity (Wildman–Crippen MR) is 61.7 cm³/mol. The van der Waals surface area contributed by atoms with E-state index in [9.17, 15) is 4.79 Å². The maximum atomic E-state index is 11.2. The lowest BCUT2D eigenvalue weighted by molar-refractivity contribution is -0.122. The Hall–Kier alpha value is -0.0300. The van der Waals surface area contributed by atoms with E-state index in [4.69, 9.17) is 28.3 Å². The number of halogens is 2. The van der Waals surface area contributed by atoms with E-state index in [0.717, 1.165) is 3.94 Å². The van der Waals surface area contributed by atoms with Gasteiger partial charge in [-0.15, -0.1) is 3.94 Å². The van der Waals surface area contributed by atoms with Crippen molar-refractivity contribution in [3.63, 3.8) is 0 Å². The molecule has 0 aliphatic carbocycles. The first-order valence-corrected chi connectivity index (χ1v) is 5.45. The van der Waals surface area contributed by atoms with Gasteiger partial charge in [0.25, 0.3) is 0 Å². The average Bonchev–Trinajstić information content (AvgIpc) is 2.14. The minimum atomic E-state index is -0.350. The summed E-state index contributed by atoms with van der Waals surface area (Å²) in [6.07, 6.45) is 1.06. The number of hydrogen-bond donors (Lipinski definition) is 1. The van der Waals surface area contributed by atoms with Gasteiger partial charge in [-0.25, -0.2) is 0 Å². The summed E-state index contributed by atoms with van der Waals surface area (Å²) in [4.78, 5) is 11.2. The molecule has 90 valence electrons. The number of nitrogens with one attached hydrogen (secondary N) is 1. The summed E-state index contributed by atoms with van der Waals surface area (Å²) in [7, 11) is 1.56. The van der Waals surface area contributed by atoms with Gasteiger partial charge in [0.2, 0.25) is 5.91 Å². The van der Waals surface area contributed by atoms with Crippen LogP contribution < -0.4 is 5.32 Å². The first-order chi connectivity index (χ1) is 6.90. The van der Waals surface area contributed by atoms with Gasteiger partial charge in [0, 0.05) is 25.6 Å². The van der Waals surface area contributed by atoms with E-state index in [1.165, 1.54) is 0 Å². The average molecular weight is 257 g/mol. The SMILES string of the molecule is COCCC(=O)NCCC(C)(C)N(Cl)Cl. The molecule has 1 amide bonds. The smallest absolute Gasteiger partial charge is 0.222 e. The fourth-order valence-corrected chi connectivity index (χ4v) is 1.04. The molecular weight excluding hydrogens is 239 g/mol. The van der Waals surface area contributed by atoms with Crippen LogP contribution in [-0.2, 0) is 9.53 Å². The van der Waals surface area contributed by atoms with Gasteiger partial charge in [-0.3, -0.25) is 4.79 Å². The molecule has 0 aromatic heterocycles. The van der Waals surface area contributed by atoms with Crippen LogP contribution in [0.15, 0.2) is 0 Å². The van der Waals surface area contributed by atoms with Crippen molar-refractivity contribution in [2.75, 3.05) is 20.3 Å². The topological polar surface area (TPSA) is 41.6 Å². The Morgan fingerprint density at radius 1 is 1.47 bits per heavy atom. The number of hydrogen-bond acceptors (Lipinski definition) is 3. The number of carbonyl (C=O) groups excluding carboxylic acids is 1. The molecule has 0 radical (unpaired) electrons. The Kier molecular flexibility index (Phi) is 7.26. The number of ether oxygens (including phenoxy) is 1. The second-order valence-electron chi connectivity index (χ2n) is 3.89. The summed E-state index contributed by atoms with van der Waals surface area (Å²) in [5.41, 5.74) is -0.350. The molecule has 4 nitrogen and oxygen atoms in total. The van der Waals surface area contributed by atoms with Crippen LogP contribution in [0.3, 0.4) is 0 Å². The molecule has 0 atom stereocenters. The molecule has 0 saturated carbocycles. The van der Waals surface area contributed by atoms with Crippen molar-refractivity contribution in [3.05, 3.63) is 0 Å². The fraction of sp³-hybridized carbons (Fsp3) is 0.889. The lowest BCUT2D eigenvalue weighted by Crippen LogP contribution is -2.36. The molecule has 0 aromatic rings. The molecule has 0 saturated heterocycles. The highest BCUT2D eigenvalue weighted by molar-refractivity contribution is 6.34. The van der Waals surface area contributed by atoms with Crippen LogP contribution in [0.1, 0.15) is 26.7 Å². The molecule has 0 aromatic carbocycles. The monoisotopic (exact) mass is 256 g/mol. The third-order valence-electron chi connectivity index (χ3n) is 2.05. The van der Waals surface area contributed by atoms with Crippen molar-refractivity contribution >= 4 is 29.5 Å². The number of methoxy groups -OCH3 is 1. The van der Waals surface area contributed by atoms with Gasteiger partial charge in [-0.1, -0.05) is 0 Å². The Bertz CT molecular complexity index is 199. The van der Waals surface area contributed by atoms with Gasteiger partial charge in [0.1, 0.15) is 0 Å². The van der Waals surface area contributed by atoms with E-state index in [1.54, 1.807) is 7.11 Å². The second-order valence-corrected chi connectivity index (χ2v) is 4.74. The molecule has 0 aliphatic rings. The zero-order valence-corrected chi connectivity index (χ0v) is 10.9. The predicted octanol–water partition coefficient (Wildman–Crippen LogP) is 1.92. The van der Waals surface area contributed by atoms with Crippen LogP contribution in [0, 0.1) is 0 Å². The number of rotatable bonds is 7. The van der Waals surface area contributed by atoms with Crippen LogP contribution >= 0.6 is 23.6 Å². The maximum Gasteiger partial charge on any atom is 0.222 e. The number of amides is 1. The van der Waals surface area contributed by atoms with E-state index in [1.807, 2.05) is 13.8 Å². The lowest BCUT2D eigenvalue weighted by Gasteiger charge is -2.27. The van der Waals surface area contributed by atoms with Crippen LogP contribution in [0.25, 0.3) is 0 Å². The van der Waals surface area contributed by atoms with Gasteiger partial charge in [0.05, 0.1) is 6.61 Å². The molecule has 0 aliphatic heterocycles. The minimum Gasteiger partial charge on any atom is -0.384 e. The third kappa shape index (κ3) is 6.95. The van der Waals surface area contributed by atoms with Crippen LogP contribution in [0.4, 0.5) is 0 Å². The summed E-state index contributed by atoms with van der Waals surface area (Å²) in [5, 5.41) is 2.77.